The molecule has 1 aliphatic rings. The molecular weight excluding hydrogens is 240 g/mol. The standard InChI is InChI=1S/C15H20N2O2/c1-11-4-3-5-14(12(11)2)16-15(19)10-17-8-6-13(18)7-9-17/h3-5H,6-10H2,1-2H3,(H,16,19). The zero-order valence-electron chi connectivity index (χ0n) is 11.5. The summed E-state index contributed by atoms with van der Waals surface area (Å²) in [6.07, 6.45) is 1.13. The third-order valence-electron chi connectivity index (χ3n) is 3.66. The van der Waals surface area contributed by atoms with Crippen LogP contribution in [-0.4, -0.2) is 36.2 Å². The second kappa shape index (κ2) is 5.97. The highest BCUT2D eigenvalue weighted by molar-refractivity contribution is 5.93. The summed E-state index contributed by atoms with van der Waals surface area (Å²) in [4.78, 5) is 25.2. The van der Waals surface area contributed by atoms with Gasteiger partial charge in [-0.25, -0.2) is 0 Å². The van der Waals surface area contributed by atoms with E-state index < -0.39 is 0 Å². The zero-order valence-corrected chi connectivity index (χ0v) is 11.5. The first kappa shape index (κ1) is 13.7. The summed E-state index contributed by atoms with van der Waals surface area (Å²) in [6.45, 7) is 5.78. The van der Waals surface area contributed by atoms with Gasteiger partial charge in [-0.3, -0.25) is 14.5 Å². The number of anilines is 1. The molecule has 19 heavy (non-hydrogen) atoms. The van der Waals surface area contributed by atoms with E-state index in [1.807, 2.05) is 36.9 Å². The average Bonchev–Trinajstić information content (AvgIpc) is 2.38. The van der Waals surface area contributed by atoms with E-state index in [1.54, 1.807) is 0 Å². The molecule has 1 saturated heterocycles. The van der Waals surface area contributed by atoms with Gasteiger partial charge in [-0.05, 0) is 31.0 Å². The Labute approximate surface area is 113 Å². The molecule has 0 radical (unpaired) electrons. The van der Waals surface area contributed by atoms with Crippen molar-refractivity contribution in [3.63, 3.8) is 0 Å². The average molecular weight is 260 g/mol. The van der Waals surface area contributed by atoms with Crippen LogP contribution in [0.5, 0.6) is 0 Å². The van der Waals surface area contributed by atoms with Crippen molar-refractivity contribution >= 4 is 17.4 Å². The lowest BCUT2D eigenvalue weighted by molar-refractivity contribution is -0.124. The maximum absolute atomic E-state index is 12.0. The van der Waals surface area contributed by atoms with Crippen molar-refractivity contribution in [2.24, 2.45) is 0 Å². The largest absolute Gasteiger partial charge is 0.325 e. The van der Waals surface area contributed by atoms with Gasteiger partial charge in [0.15, 0.2) is 0 Å². The molecule has 1 amide bonds. The number of hydrogen-bond donors (Lipinski definition) is 1. The predicted octanol–water partition coefficient (Wildman–Crippen LogP) is 1.91. The molecule has 0 atom stereocenters. The summed E-state index contributed by atoms with van der Waals surface area (Å²) < 4.78 is 0. The van der Waals surface area contributed by atoms with Gasteiger partial charge < -0.3 is 5.32 Å². The van der Waals surface area contributed by atoms with Crippen molar-refractivity contribution < 1.29 is 9.59 Å². The molecule has 1 aromatic rings. The van der Waals surface area contributed by atoms with Crippen molar-refractivity contribution in [2.75, 3.05) is 25.0 Å². The fourth-order valence-corrected chi connectivity index (χ4v) is 2.24. The minimum atomic E-state index is -0.0111. The van der Waals surface area contributed by atoms with Gasteiger partial charge in [0, 0.05) is 31.6 Å². The molecule has 102 valence electrons. The monoisotopic (exact) mass is 260 g/mol. The number of amides is 1. The Bertz CT molecular complexity index is 487. The number of nitrogens with one attached hydrogen (secondary N) is 1. The number of benzene rings is 1. The number of nitrogens with zero attached hydrogens (tertiary/aromatic N) is 1. The minimum absolute atomic E-state index is 0.0111. The van der Waals surface area contributed by atoms with Gasteiger partial charge in [-0.2, -0.15) is 0 Å². The number of carbonyl (C=O) groups excluding carboxylic acids is 2. The van der Waals surface area contributed by atoms with E-state index in [4.69, 9.17) is 0 Å². The fourth-order valence-electron chi connectivity index (χ4n) is 2.24. The molecule has 4 nitrogen and oxygen atoms in total. The molecule has 1 aromatic carbocycles. The zero-order chi connectivity index (χ0) is 13.8. The van der Waals surface area contributed by atoms with Crippen LogP contribution in [-0.2, 0) is 9.59 Å². The molecular formula is C15H20N2O2. The van der Waals surface area contributed by atoms with Gasteiger partial charge in [0.25, 0.3) is 0 Å². The summed E-state index contributed by atoms with van der Waals surface area (Å²) in [6, 6.07) is 5.89. The number of ketones is 1. The normalized spacial score (nSPS) is 16.4. The summed E-state index contributed by atoms with van der Waals surface area (Å²) in [7, 11) is 0. The second-order valence-electron chi connectivity index (χ2n) is 5.11. The lowest BCUT2D eigenvalue weighted by Gasteiger charge is -2.25. The van der Waals surface area contributed by atoms with E-state index in [2.05, 4.69) is 5.32 Å². The third-order valence-corrected chi connectivity index (χ3v) is 3.66. The number of likely N-dealkylation sites (tertiary alicyclic amines) is 1. The van der Waals surface area contributed by atoms with Gasteiger partial charge in [0.1, 0.15) is 5.78 Å². The summed E-state index contributed by atoms with van der Waals surface area (Å²) in [5.41, 5.74) is 3.14. The Hall–Kier alpha value is -1.68. The predicted molar refractivity (Wildman–Crippen MR) is 75.2 cm³/mol. The topological polar surface area (TPSA) is 49.4 Å². The van der Waals surface area contributed by atoms with Crippen LogP contribution in [0.2, 0.25) is 0 Å². The first-order valence-electron chi connectivity index (χ1n) is 6.66. The Morgan fingerprint density at radius 2 is 1.95 bits per heavy atom. The Balaban J connectivity index is 1.91. The van der Waals surface area contributed by atoms with E-state index in [9.17, 15) is 9.59 Å². The lowest BCUT2D eigenvalue weighted by Crippen LogP contribution is -2.39. The van der Waals surface area contributed by atoms with Crippen LogP contribution < -0.4 is 5.32 Å². The SMILES string of the molecule is Cc1cccc(NC(=O)CN2CCC(=O)CC2)c1C. The molecule has 1 N–H and O–H groups in total. The van der Waals surface area contributed by atoms with Crippen LogP contribution in [0, 0.1) is 13.8 Å². The number of piperidine rings is 1. The van der Waals surface area contributed by atoms with Gasteiger partial charge in [-0.1, -0.05) is 12.1 Å². The maximum atomic E-state index is 12.0. The van der Waals surface area contributed by atoms with Gasteiger partial charge >= 0.3 is 0 Å². The number of rotatable bonds is 3. The molecule has 1 fully saturated rings. The van der Waals surface area contributed by atoms with Gasteiger partial charge in [0.2, 0.25) is 5.91 Å². The Morgan fingerprint density at radius 3 is 2.63 bits per heavy atom. The third kappa shape index (κ3) is 3.64. The Kier molecular flexibility index (Phi) is 4.32. The quantitative estimate of drug-likeness (QED) is 0.903. The van der Waals surface area contributed by atoms with Crippen LogP contribution in [0.1, 0.15) is 24.0 Å². The molecule has 0 unspecified atom stereocenters. The summed E-state index contributed by atoms with van der Waals surface area (Å²) >= 11 is 0. The van der Waals surface area contributed by atoms with Crippen molar-refractivity contribution in [1.29, 1.82) is 0 Å². The highest BCUT2D eigenvalue weighted by atomic mass is 16.2. The van der Waals surface area contributed by atoms with Crippen LogP contribution >= 0.6 is 0 Å². The molecule has 0 spiro atoms. The van der Waals surface area contributed by atoms with Crippen LogP contribution in [0.25, 0.3) is 0 Å². The number of hydrogen-bond acceptors (Lipinski definition) is 3. The Morgan fingerprint density at radius 1 is 1.26 bits per heavy atom. The van der Waals surface area contributed by atoms with Gasteiger partial charge in [0.05, 0.1) is 6.54 Å². The van der Waals surface area contributed by atoms with Crippen LogP contribution in [0.4, 0.5) is 5.69 Å². The molecule has 1 heterocycles. The summed E-state index contributed by atoms with van der Waals surface area (Å²) in [5.74, 6) is 0.286. The second-order valence-corrected chi connectivity index (χ2v) is 5.11. The van der Waals surface area contributed by atoms with Crippen LogP contribution in [0.3, 0.4) is 0 Å². The van der Waals surface area contributed by atoms with Crippen LogP contribution in [0.15, 0.2) is 18.2 Å². The molecule has 1 aliphatic heterocycles. The minimum Gasteiger partial charge on any atom is -0.325 e. The first-order valence-corrected chi connectivity index (χ1v) is 6.66. The number of carbonyl (C=O) groups is 2. The van der Waals surface area contributed by atoms with E-state index >= 15 is 0 Å². The lowest BCUT2D eigenvalue weighted by atomic mass is 10.1. The van der Waals surface area contributed by atoms with Gasteiger partial charge in [-0.15, -0.1) is 0 Å². The first-order chi connectivity index (χ1) is 9.06. The molecule has 0 aromatic heterocycles. The number of aryl methyl sites for hydroxylation is 1. The number of Topliss-reactive ketones (excluding diaryl/α,β-unsaturated/α-hetero) is 1. The van der Waals surface area contributed by atoms with Crippen molar-refractivity contribution in [3.05, 3.63) is 29.3 Å². The molecule has 0 saturated carbocycles. The highest BCUT2D eigenvalue weighted by Gasteiger charge is 2.18. The maximum Gasteiger partial charge on any atom is 0.238 e. The molecule has 4 heteroatoms. The van der Waals surface area contributed by atoms with E-state index in [0.29, 0.717) is 38.3 Å². The van der Waals surface area contributed by atoms with Crippen molar-refractivity contribution in [2.45, 2.75) is 26.7 Å². The molecule has 0 bridgehead atoms. The smallest absolute Gasteiger partial charge is 0.238 e. The van der Waals surface area contributed by atoms with E-state index in [1.165, 1.54) is 5.56 Å². The van der Waals surface area contributed by atoms with E-state index in [0.717, 1.165) is 11.3 Å². The molecule has 2 rings (SSSR count). The molecule has 0 aliphatic carbocycles. The van der Waals surface area contributed by atoms with Crippen molar-refractivity contribution in [1.82, 2.24) is 4.90 Å². The summed E-state index contributed by atoms with van der Waals surface area (Å²) in [5, 5.41) is 2.94. The fraction of sp³-hybridized carbons (Fsp3) is 0.467. The highest BCUT2D eigenvalue weighted by Crippen LogP contribution is 2.18. The van der Waals surface area contributed by atoms with Crippen molar-refractivity contribution in [3.8, 4) is 0 Å². The van der Waals surface area contributed by atoms with E-state index in [-0.39, 0.29) is 5.91 Å².